The summed E-state index contributed by atoms with van der Waals surface area (Å²) in [4.78, 5) is 13.9. The SMILES string of the molecule is CN(CC1CCCCC1=O)C1CC1. The molecule has 0 aromatic carbocycles. The van der Waals surface area contributed by atoms with E-state index in [0.717, 1.165) is 31.8 Å². The zero-order valence-electron chi connectivity index (χ0n) is 8.46. The lowest BCUT2D eigenvalue weighted by Gasteiger charge is -2.25. The Hall–Kier alpha value is -0.370. The molecule has 0 heterocycles. The summed E-state index contributed by atoms with van der Waals surface area (Å²) in [5.41, 5.74) is 0. The number of ketones is 1. The van der Waals surface area contributed by atoms with Crippen molar-refractivity contribution >= 4 is 5.78 Å². The van der Waals surface area contributed by atoms with Crippen LogP contribution in [0, 0.1) is 5.92 Å². The van der Waals surface area contributed by atoms with E-state index in [1.807, 2.05) is 0 Å². The highest BCUT2D eigenvalue weighted by molar-refractivity contribution is 5.81. The van der Waals surface area contributed by atoms with Crippen LogP contribution in [-0.2, 0) is 4.79 Å². The summed E-state index contributed by atoms with van der Waals surface area (Å²) in [5, 5.41) is 0. The molecule has 0 amide bonds. The van der Waals surface area contributed by atoms with Crippen LogP contribution in [0.1, 0.15) is 38.5 Å². The number of nitrogens with zero attached hydrogens (tertiary/aromatic N) is 1. The summed E-state index contributed by atoms with van der Waals surface area (Å²) in [5.74, 6) is 0.873. The third-order valence-corrected chi connectivity index (χ3v) is 3.36. The molecule has 0 aliphatic heterocycles. The second-order valence-corrected chi connectivity index (χ2v) is 4.58. The van der Waals surface area contributed by atoms with Crippen LogP contribution in [0.2, 0.25) is 0 Å². The van der Waals surface area contributed by atoms with E-state index >= 15 is 0 Å². The predicted molar refractivity (Wildman–Crippen MR) is 52.6 cm³/mol. The van der Waals surface area contributed by atoms with Gasteiger partial charge in [-0.05, 0) is 32.7 Å². The Morgan fingerprint density at radius 2 is 2.08 bits per heavy atom. The monoisotopic (exact) mass is 181 g/mol. The molecule has 2 heteroatoms. The molecule has 0 aromatic rings. The minimum Gasteiger partial charge on any atom is -0.303 e. The molecule has 0 radical (unpaired) electrons. The first-order valence-corrected chi connectivity index (χ1v) is 5.50. The summed E-state index contributed by atoms with van der Waals surface area (Å²) >= 11 is 0. The van der Waals surface area contributed by atoms with Crippen LogP contribution < -0.4 is 0 Å². The van der Waals surface area contributed by atoms with E-state index < -0.39 is 0 Å². The van der Waals surface area contributed by atoms with Gasteiger partial charge in [0.1, 0.15) is 5.78 Å². The maximum Gasteiger partial charge on any atom is 0.137 e. The largest absolute Gasteiger partial charge is 0.303 e. The number of Topliss-reactive ketones (excluding diaryl/α,β-unsaturated/α-hetero) is 1. The Labute approximate surface area is 80.3 Å². The topological polar surface area (TPSA) is 20.3 Å². The van der Waals surface area contributed by atoms with Crippen LogP contribution in [0.25, 0.3) is 0 Å². The zero-order valence-corrected chi connectivity index (χ0v) is 8.46. The van der Waals surface area contributed by atoms with Crippen molar-refractivity contribution in [1.29, 1.82) is 0 Å². The van der Waals surface area contributed by atoms with Gasteiger partial charge in [-0.3, -0.25) is 4.79 Å². The van der Waals surface area contributed by atoms with E-state index in [0.29, 0.717) is 11.7 Å². The smallest absolute Gasteiger partial charge is 0.137 e. The summed E-state index contributed by atoms with van der Waals surface area (Å²) in [6.45, 7) is 1.02. The van der Waals surface area contributed by atoms with Crippen molar-refractivity contribution in [3.63, 3.8) is 0 Å². The van der Waals surface area contributed by atoms with Crippen LogP contribution in [0.5, 0.6) is 0 Å². The molecule has 0 saturated heterocycles. The van der Waals surface area contributed by atoms with E-state index in [2.05, 4.69) is 11.9 Å². The molecule has 13 heavy (non-hydrogen) atoms. The number of hydrogen-bond acceptors (Lipinski definition) is 2. The normalized spacial score (nSPS) is 29.7. The molecule has 0 spiro atoms. The van der Waals surface area contributed by atoms with Gasteiger partial charge in [0.25, 0.3) is 0 Å². The highest BCUT2D eigenvalue weighted by atomic mass is 16.1. The Morgan fingerprint density at radius 3 is 2.69 bits per heavy atom. The molecule has 2 saturated carbocycles. The summed E-state index contributed by atoms with van der Waals surface area (Å²) in [7, 11) is 2.17. The molecular weight excluding hydrogens is 162 g/mol. The molecule has 0 N–H and O–H groups in total. The molecule has 2 rings (SSSR count). The van der Waals surface area contributed by atoms with Gasteiger partial charge in [-0.15, -0.1) is 0 Å². The molecule has 2 fully saturated rings. The Balaban J connectivity index is 1.81. The molecule has 0 bridgehead atoms. The quantitative estimate of drug-likeness (QED) is 0.662. The second-order valence-electron chi connectivity index (χ2n) is 4.58. The number of hydrogen-bond donors (Lipinski definition) is 0. The van der Waals surface area contributed by atoms with Gasteiger partial charge in [-0.25, -0.2) is 0 Å². The van der Waals surface area contributed by atoms with E-state index in [1.54, 1.807) is 0 Å². The first-order valence-electron chi connectivity index (χ1n) is 5.50. The third-order valence-electron chi connectivity index (χ3n) is 3.36. The lowest BCUT2D eigenvalue weighted by atomic mass is 9.87. The lowest BCUT2D eigenvalue weighted by molar-refractivity contribution is -0.125. The van der Waals surface area contributed by atoms with E-state index in [-0.39, 0.29) is 0 Å². The Bertz CT molecular complexity index is 198. The first-order chi connectivity index (χ1) is 6.27. The van der Waals surface area contributed by atoms with Crippen molar-refractivity contribution in [2.75, 3.05) is 13.6 Å². The van der Waals surface area contributed by atoms with Gasteiger partial charge in [0.2, 0.25) is 0 Å². The second kappa shape index (κ2) is 3.79. The Kier molecular flexibility index (Phi) is 2.68. The van der Waals surface area contributed by atoms with Gasteiger partial charge < -0.3 is 4.90 Å². The highest BCUT2D eigenvalue weighted by Crippen LogP contribution is 2.28. The van der Waals surface area contributed by atoms with Crippen LogP contribution >= 0.6 is 0 Å². The number of carbonyl (C=O) groups is 1. The molecule has 1 unspecified atom stereocenters. The fraction of sp³-hybridized carbons (Fsp3) is 0.909. The fourth-order valence-electron chi connectivity index (χ4n) is 2.26. The number of carbonyl (C=O) groups excluding carboxylic acids is 1. The van der Waals surface area contributed by atoms with E-state index in [4.69, 9.17) is 0 Å². The van der Waals surface area contributed by atoms with Crippen molar-refractivity contribution in [2.24, 2.45) is 5.92 Å². The zero-order chi connectivity index (χ0) is 9.26. The van der Waals surface area contributed by atoms with Gasteiger partial charge in [-0.1, -0.05) is 6.42 Å². The average Bonchev–Trinajstić information content (AvgIpc) is 2.91. The maximum absolute atomic E-state index is 11.5. The highest BCUT2D eigenvalue weighted by Gasteiger charge is 2.30. The molecule has 2 nitrogen and oxygen atoms in total. The summed E-state index contributed by atoms with van der Waals surface area (Å²) in [6, 6.07) is 0.801. The van der Waals surface area contributed by atoms with Gasteiger partial charge in [0.05, 0.1) is 0 Å². The van der Waals surface area contributed by atoms with Crippen molar-refractivity contribution in [3.8, 4) is 0 Å². The molecule has 2 aliphatic carbocycles. The predicted octanol–water partition coefficient (Wildman–Crippen LogP) is 1.84. The molecular formula is C11H19NO. The van der Waals surface area contributed by atoms with Crippen LogP contribution in [0.4, 0.5) is 0 Å². The average molecular weight is 181 g/mol. The van der Waals surface area contributed by atoms with E-state index in [1.165, 1.54) is 19.3 Å². The molecule has 2 aliphatic rings. The number of rotatable bonds is 3. The maximum atomic E-state index is 11.5. The summed E-state index contributed by atoms with van der Waals surface area (Å²) < 4.78 is 0. The minimum absolute atomic E-state index is 0.361. The summed E-state index contributed by atoms with van der Waals surface area (Å²) in [6.07, 6.45) is 7.05. The minimum atomic E-state index is 0.361. The van der Waals surface area contributed by atoms with Crippen molar-refractivity contribution in [2.45, 2.75) is 44.6 Å². The first kappa shape index (κ1) is 9.20. The van der Waals surface area contributed by atoms with Crippen molar-refractivity contribution in [3.05, 3.63) is 0 Å². The van der Waals surface area contributed by atoms with Crippen LogP contribution in [0.15, 0.2) is 0 Å². The molecule has 74 valence electrons. The van der Waals surface area contributed by atoms with Gasteiger partial charge >= 0.3 is 0 Å². The van der Waals surface area contributed by atoms with Crippen LogP contribution in [0.3, 0.4) is 0 Å². The van der Waals surface area contributed by atoms with Crippen LogP contribution in [-0.4, -0.2) is 30.3 Å². The third kappa shape index (κ3) is 2.31. The fourth-order valence-corrected chi connectivity index (χ4v) is 2.26. The van der Waals surface area contributed by atoms with Crippen molar-refractivity contribution < 1.29 is 4.79 Å². The lowest BCUT2D eigenvalue weighted by Crippen LogP contribution is -2.33. The molecule has 1 atom stereocenters. The van der Waals surface area contributed by atoms with Gasteiger partial charge in [0, 0.05) is 24.9 Å². The van der Waals surface area contributed by atoms with Gasteiger partial charge in [0.15, 0.2) is 0 Å². The standard InChI is InChI=1S/C11H19NO/c1-12(10-6-7-10)8-9-4-2-3-5-11(9)13/h9-10H,2-8H2,1H3. The molecule has 0 aromatic heterocycles. The Morgan fingerprint density at radius 1 is 1.31 bits per heavy atom. The van der Waals surface area contributed by atoms with E-state index in [9.17, 15) is 4.79 Å². The van der Waals surface area contributed by atoms with Gasteiger partial charge in [-0.2, -0.15) is 0 Å². The van der Waals surface area contributed by atoms with Crippen molar-refractivity contribution in [1.82, 2.24) is 4.90 Å².